The van der Waals surface area contributed by atoms with Crippen molar-refractivity contribution in [1.29, 1.82) is 5.26 Å². The van der Waals surface area contributed by atoms with Gasteiger partial charge in [0.25, 0.3) is 5.91 Å². The molecule has 1 amide bonds. The molecule has 28 heavy (non-hydrogen) atoms. The van der Waals surface area contributed by atoms with E-state index in [0.29, 0.717) is 37.7 Å². The average molecular weight is 378 g/mol. The lowest BCUT2D eigenvalue weighted by Gasteiger charge is -2.35. The van der Waals surface area contributed by atoms with Gasteiger partial charge in [0.1, 0.15) is 11.6 Å². The van der Waals surface area contributed by atoms with E-state index in [4.69, 9.17) is 10.00 Å². The first kappa shape index (κ1) is 19.7. The van der Waals surface area contributed by atoms with Crippen LogP contribution in [-0.2, 0) is 4.79 Å². The van der Waals surface area contributed by atoms with Crippen molar-refractivity contribution in [3.63, 3.8) is 0 Å². The zero-order chi connectivity index (χ0) is 19.9. The second kappa shape index (κ2) is 9.23. The Hall–Kier alpha value is -3.07. The molecule has 0 bridgehead atoms. The summed E-state index contributed by atoms with van der Waals surface area (Å²) in [6.07, 6.45) is 2.67. The van der Waals surface area contributed by atoms with Crippen LogP contribution in [0, 0.1) is 11.3 Å². The number of pyridine rings is 1. The zero-order valence-electron chi connectivity index (χ0n) is 16.5. The van der Waals surface area contributed by atoms with E-state index < -0.39 is 0 Å². The molecule has 0 spiro atoms. The van der Waals surface area contributed by atoms with Crippen molar-refractivity contribution >= 4 is 11.7 Å². The molecule has 1 aliphatic heterocycles. The smallest absolute Gasteiger partial charge is 0.260 e. The highest BCUT2D eigenvalue weighted by Gasteiger charge is 2.22. The van der Waals surface area contributed by atoms with Gasteiger partial charge in [-0.1, -0.05) is 32.0 Å². The lowest BCUT2D eigenvalue weighted by molar-refractivity contribution is -0.133. The third kappa shape index (κ3) is 4.61. The van der Waals surface area contributed by atoms with Crippen molar-refractivity contribution in [2.24, 2.45) is 0 Å². The fourth-order valence-corrected chi connectivity index (χ4v) is 3.32. The van der Waals surface area contributed by atoms with Crippen molar-refractivity contribution in [2.75, 3.05) is 37.7 Å². The number of anilines is 1. The number of piperazine rings is 1. The van der Waals surface area contributed by atoms with Gasteiger partial charge in [0.2, 0.25) is 0 Å². The molecule has 1 aromatic carbocycles. The van der Waals surface area contributed by atoms with Gasteiger partial charge in [0, 0.05) is 32.4 Å². The quantitative estimate of drug-likeness (QED) is 0.772. The number of rotatable bonds is 6. The molecule has 2 heterocycles. The van der Waals surface area contributed by atoms with Crippen LogP contribution in [0.15, 0.2) is 42.6 Å². The summed E-state index contributed by atoms with van der Waals surface area (Å²) in [4.78, 5) is 20.9. The van der Waals surface area contributed by atoms with Gasteiger partial charge >= 0.3 is 0 Å². The Balaban J connectivity index is 1.54. The number of amides is 1. The Labute approximate surface area is 166 Å². The van der Waals surface area contributed by atoms with Crippen LogP contribution in [0.3, 0.4) is 0 Å². The molecule has 0 aliphatic carbocycles. The van der Waals surface area contributed by atoms with Gasteiger partial charge in [0.15, 0.2) is 6.61 Å². The highest BCUT2D eigenvalue weighted by molar-refractivity contribution is 5.78. The normalized spacial score (nSPS) is 15.0. The topological polar surface area (TPSA) is 69.5 Å². The van der Waals surface area contributed by atoms with Gasteiger partial charge in [0.05, 0.1) is 11.6 Å². The van der Waals surface area contributed by atoms with Crippen molar-refractivity contribution < 1.29 is 9.53 Å². The van der Waals surface area contributed by atoms with E-state index in [-0.39, 0.29) is 12.5 Å². The number of benzene rings is 1. The number of carbonyl (C=O) groups is 1. The van der Waals surface area contributed by atoms with E-state index >= 15 is 0 Å². The minimum atomic E-state index is -0.00246. The largest absolute Gasteiger partial charge is 0.483 e. The van der Waals surface area contributed by atoms with Crippen LogP contribution < -0.4 is 9.64 Å². The molecular weight excluding hydrogens is 352 g/mol. The fourth-order valence-electron chi connectivity index (χ4n) is 3.32. The maximum absolute atomic E-state index is 12.6. The van der Waals surface area contributed by atoms with Crippen LogP contribution in [-0.4, -0.2) is 48.6 Å². The monoisotopic (exact) mass is 378 g/mol. The van der Waals surface area contributed by atoms with Gasteiger partial charge in [-0.25, -0.2) is 4.98 Å². The molecule has 3 rings (SSSR count). The Morgan fingerprint density at radius 2 is 2.00 bits per heavy atom. The molecule has 0 N–H and O–H groups in total. The molecule has 146 valence electrons. The second-order valence-corrected chi connectivity index (χ2v) is 7.02. The van der Waals surface area contributed by atoms with E-state index in [2.05, 4.69) is 35.9 Å². The van der Waals surface area contributed by atoms with Crippen LogP contribution in [0.4, 0.5) is 5.82 Å². The Kier molecular flexibility index (Phi) is 6.49. The summed E-state index contributed by atoms with van der Waals surface area (Å²) in [6, 6.07) is 13.5. The van der Waals surface area contributed by atoms with Gasteiger partial charge in [-0.05, 0) is 36.1 Å². The summed E-state index contributed by atoms with van der Waals surface area (Å²) in [6.45, 7) is 6.98. The predicted molar refractivity (Wildman–Crippen MR) is 108 cm³/mol. The Morgan fingerprint density at radius 3 is 2.71 bits per heavy atom. The highest BCUT2D eigenvalue weighted by Crippen LogP contribution is 2.28. The van der Waals surface area contributed by atoms with Crippen LogP contribution in [0.2, 0.25) is 0 Å². The van der Waals surface area contributed by atoms with E-state index in [1.54, 1.807) is 18.3 Å². The maximum Gasteiger partial charge on any atom is 0.260 e. The number of nitriles is 1. The van der Waals surface area contributed by atoms with Gasteiger partial charge in [-0.2, -0.15) is 5.26 Å². The van der Waals surface area contributed by atoms with Crippen molar-refractivity contribution in [3.05, 3.63) is 53.7 Å². The number of nitrogens with zero attached hydrogens (tertiary/aromatic N) is 4. The van der Waals surface area contributed by atoms with Crippen LogP contribution >= 0.6 is 0 Å². The predicted octanol–water partition coefficient (Wildman–Crippen LogP) is 3.19. The molecule has 1 saturated heterocycles. The fraction of sp³-hybridized carbons (Fsp3) is 0.409. The molecule has 0 radical (unpaired) electrons. The van der Waals surface area contributed by atoms with Gasteiger partial charge in [-0.3, -0.25) is 4.79 Å². The average Bonchev–Trinajstić information content (AvgIpc) is 2.77. The van der Waals surface area contributed by atoms with E-state index in [1.165, 1.54) is 0 Å². The lowest BCUT2D eigenvalue weighted by Crippen LogP contribution is -2.50. The molecule has 2 aromatic rings. The maximum atomic E-state index is 12.6. The molecule has 1 fully saturated rings. The second-order valence-electron chi connectivity index (χ2n) is 7.02. The van der Waals surface area contributed by atoms with Crippen LogP contribution in [0.1, 0.15) is 37.3 Å². The zero-order valence-corrected chi connectivity index (χ0v) is 16.5. The van der Waals surface area contributed by atoms with Crippen LogP contribution in [0.25, 0.3) is 0 Å². The molecule has 1 atom stereocenters. The third-order valence-electron chi connectivity index (χ3n) is 5.24. The lowest BCUT2D eigenvalue weighted by atomic mass is 9.98. The van der Waals surface area contributed by atoms with E-state index in [0.717, 1.165) is 23.6 Å². The summed E-state index contributed by atoms with van der Waals surface area (Å²) >= 11 is 0. The van der Waals surface area contributed by atoms with E-state index in [9.17, 15) is 4.79 Å². The van der Waals surface area contributed by atoms with Crippen LogP contribution in [0.5, 0.6) is 5.75 Å². The molecule has 1 aromatic heterocycles. The number of hydrogen-bond donors (Lipinski definition) is 0. The third-order valence-corrected chi connectivity index (χ3v) is 5.24. The Bertz CT molecular complexity index is 854. The first-order valence-electron chi connectivity index (χ1n) is 9.73. The number of aromatic nitrogens is 1. The number of ether oxygens (including phenoxy) is 1. The number of hydrogen-bond acceptors (Lipinski definition) is 5. The SMILES string of the molecule is CCC(C)c1ccccc1OCC(=O)N1CCN(c2cc(C#N)ccn2)CC1. The van der Waals surface area contributed by atoms with Crippen molar-refractivity contribution in [3.8, 4) is 11.8 Å². The summed E-state index contributed by atoms with van der Waals surface area (Å²) in [5.74, 6) is 1.97. The molecule has 1 unspecified atom stereocenters. The first-order valence-corrected chi connectivity index (χ1v) is 9.73. The minimum Gasteiger partial charge on any atom is -0.483 e. The Morgan fingerprint density at radius 1 is 1.25 bits per heavy atom. The first-order chi connectivity index (χ1) is 13.6. The van der Waals surface area contributed by atoms with E-state index in [1.807, 2.05) is 23.1 Å². The van der Waals surface area contributed by atoms with Gasteiger partial charge in [-0.15, -0.1) is 0 Å². The summed E-state index contributed by atoms with van der Waals surface area (Å²) in [5.41, 5.74) is 1.74. The van der Waals surface area contributed by atoms with Crippen molar-refractivity contribution in [1.82, 2.24) is 9.88 Å². The summed E-state index contributed by atoms with van der Waals surface area (Å²) in [5, 5.41) is 9.03. The minimum absolute atomic E-state index is 0.00246. The van der Waals surface area contributed by atoms with Crippen molar-refractivity contribution in [2.45, 2.75) is 26.2 Å². The summed E-state index contributed by atoms with van der Waals surface area (Å²) in [7, 11) is 0. The molecule has 1 aliphatic rings. The molecule has 6 heteroatoms. The molecular formula is C22H26N4O2. The highest BCUT2D eigenvalue weighted by atomic mass is 16.5. The number of carbonyl (C=O) groups excluding carboxylic acids is 1. The summed E-state index contributed by atoms with van der Waals surface area (Å²) < 4.78 is 5.86. The molecule has 6 nitrogen and oxygen atoms in total. The standard InChI is InChI=1S/C22H26N4O2/c1-3-17(2)19-6-4-5-7-20(19)28-16-22(27)26-12-10-25(11-13-26)21-14-18(15-23)8-9-24-21/h4-9,14,17H,3,10-13,16H2,1-2H3. The van der Waals surface area contributed by atoms with Gasteiger partial charge < -0.3 is 14.5 Å². The number of para-hydroxylation sites is 1. The molecule has 0 saturated carbocycles.